The van der Waals surface area contributed by atoms with E-state index in [1.807, 2.05) is 23.7 Å². The summed E-state index contributed by atoms with van der Waals surface area (Å²) in [7, 11) is 3.33. The molecule has 3 aromatic rings. The Labute approximate surface area is 175 Å². The van der Waals surface area contributed by atoms with E-state index in [-0.39, 0.29) is 18.4 Å². The number of aryl methyl sites for hydroxylation is 1. The van der Waals surface area contributed by atoms with Crippen molar-refractivity contribution >= 4 is 28.5 Å². The molecule has 0 bridgehead atoms. The molecular formula is C22H27N5O3. The lowest BCUT2D eigenvalue weighted by Gasteiger charge is -2.13. The first-order valence-electron chi connectivity index (χ1n) is 9.92. The van der Waals surface area contributed by atoms with Crippen LogP contribution in [-0.2, 0) is 16.6 Å². The van der Waals surface area contributed by atoms with Crippen LogP contribution in [0.2, 0.25) is 0 Å². The number of hydrogen-bond acceptors (Lipinski definition) is 5. The summed E-state index contributed by atoms with van der Waals surface area (Å²) in [6, 6.07) is 7.18. The zero-order valence-corrected chi connectivity index (χ0v) is 17.7. The molecule has 2 aromatic heterocycles. The minimum absolute atomic E-state index is 0.0714. The van der Waals surface area contributed by atoms with Crippen LogP contribution in [0.5, 0.6) is 0 Å². The molecule has 0 fully saturated rings. The average molecular weight is 409 g/mol. The standard InChI is InChI=1S/C22H27N5O3/c1-5-14(2)12-24-22(29)17-10-16(25-19(28)13-30-4)11-18-20(17)27(3)21(26-18)15-6-8-23-9-7-15/h6-11,14H,5,12-13H2,1-4H3,(H,24,29)(H,25,28)/t14-/m1/s1. The quantitative estimate of drug-likeness (QED) is 0.596. The van der Waals surface area contributed by atoms with Crippen molar-refractivity contribution < 1.29 is 14.3 Å². The molecule has 0 aliphatic heterocycles. The summed E-state index contributed by atoms with van der Waals surface area (Å²) in [4.78, 5) is 33.8. The van der Waals surface area contributed by atoms with Crippen LogP contribution < -0.4 is 10.6 Å². The molecule has 0 unspecified atom stereocenters. The molecule has 2 heterocycles. The van der Waals surface area contributed by atoms with Crippen LogP contribution in [-0.4, -0.2) is 46.6 Å². The first kappa shape index (κ1) is 21.4. The molecule has 2 N–H and O–H groups in total. The number of fused-ring (bicyclic) bond motifs is 1. The molecule has 3 rings (SSSR count). The van der Waals surface area contributed by atoms with E-state index >= 15 is 0 Å². The number of carbonyl (C=O) groups is 2. The Balaban J connectivity index is 2.08. The molecule has 0 aliphatic rings. The monoisotopic (exact) mass is 409 g/mol. The number of methoxy groups -OCH3 is 1. The molecule has 158 valence electrons. The Morgan fingerprint density at radius 2 is 1.97 bits per heavy atom. The Hall–Kier alpha value is -3.26. The number of amides is 2. The number of nitrogens with one attached hydrogen (secondary N) is 2. The highest BCUT2D eigenvalue weighted by atomic mass is 16.5. The lowest BCUT2D eigenvalue weighted by molar-refractivity contribution is -0.119. The molecule has 30 heavy (non-hydrogen) atoms. The van der Waals surface area contributed by atoms with E-state index in [4.69, 9.17) is 9.72 Å². The number of aromatic nitrogens is 3. The van der Waals surface area contributed by atoms with Crippen molar-refractivity contribution in [2.75, 3.05) is 25.6 Å². The average Bonchev–Trinajstić information content (AvgIpc) is 3.08. The Morgan fingerprint density at radius 1 is 1.23 bits per heavy atom. The highest BCUT2D eigenvalue weighted by molar-refractivity contribution is 6.08. The molecule has 0 radical (unpaired) electrons. The van der Waals surface area contributed by atoms with Gasteiger partial charge in [-0.3, -0.25) is 14.6 Å². The lowest BCUT2D eigenvalue weighted by Crippen LogP contribution is -2.28. The van der Waals surface area contributed by atoms with Gasteiger partial charge in [-0.1, -0.05) is 20.3 Å². The van der Waals surface area contributed by atoms with E-state index in [1.165, 1.54) is 7.11 Å². The predicted octanol–water partition coefficient (Wildman–Crippen LogP) is 3.00. The molecule has 1 atom stereocenters. The third-order valence-electron chi connectivity index (χ3n) is 5.02. The molecule has 0 spiro atoms. The number of nitrogens with zero attached hydrogens (tertiary/aromatic N) is 3. The summed E-state index contributed by atoms with van der Waals surface area (Å²) in [6.07, 6.45) is 4.37. The van der Waals surface area contributed by atoms with Gasteiger partial charge < -0.3 is 19.9 Å². The van der Waals surface area contributed by atoms with E-state index in [0.717, 1.165) is 12.0 Å². The summed E-state index contributed by atoms with van der Waals surface area (Å²) in [5.74, 6) is 0.581. The highest BCUT2D eigenvalue weighted by Gasteiger charge is 2.20. The van der Waals surface area contributed by atoms with E-state index in [0.29, 0.717) is 40.6 Å². The highest BCUT2D eigenvalue weighted by Crippen LogP contribution is 2.29. The number of carbonyl (C=O) groups excluding carboxylic acids is 2. The van der Waals surface area contributed by atoms with Crippen LogP contribution in [0.3, 0.4) is 0 Å². The van der Waals surface area contributed by atoms with Crippen LogP contribution in [0.4, 0.5) is 5.69 Å². The van der Waals surface area contributed by atoms with Gasteiger partial charge in [0.2, 0.25) is 5.91 Å². The first-order chi connectivity index (χ1) is 14.4. The fraction of sp³-hybridized carbons (Fsp3) is 0.364. The summed E-state index contributed by atoms with van der Waals surface area (Å²) in [6.45, 7) is 4.68. The summed E-state index contributed by atoms with van der Waals surface area (Å²) in [5.41, 5.74) is 3.16. The molecule has 0 saturated carbocycles. The Morgan fingerprint density at radius 3 is 2.63 bits per heavy atom. The summed E-state index contributed by atoms with van der Waals surface area (Å²) >= 11 is 0. The maximum Gasteiger partial charge on any atom is 0.253 e. The number of benzene rings is 1. The number of imidazole rings is 1. The van der Waals surface area contributed by atoms with Gasteiger partial charge in [-0.15, -0.1) is 0 Å². The van der Waals surface area contributed by atoms with E-state index in [1.54, 1.807) is 24.5 Å². The van der Waals surface area contributed by atoms with Crippen LogP contribution in [0.1, 0.15) is 30.6 Å². The SMILES string of the molecule is CC[C@@H](C)CNC(=O)c1cc(NC(=O)COC)cc2nc(-c3ccncc3)n(C)c12. The number of ether oxygens (including phenoxy) is 1. The van der Waals surface area contributed by atoms with Gasteiger partial charge >= 0.3 is 0 Å². The second-order valence-electron chi connectivity index (χ2n) is 7.33. The van der Waals surface area contributed by atoms with Crippen molar-refractivity contribution in [3.8, 4) is 11.4 Å². The zero-order valence-electron chi connectivity index (χ0n) is 17.7. The van der Waals surface area contributed by atoms with Crippen LogP contribution in [0, 0.1) is 5.92 Å². The van der Waals surface area contributed by atoms with Gasteiger partial charge in [-0.25, -0.2) is 4.98 Å². The summed E-state index contributed by atoms with van der Waals surface area (Å²) < 4.78 is 6.77. The third-order valence-corrected chi connectivity index (χ3v) is 5.02. The largest absolute Gasteiger partial charge is 0.375 e. The Bertz CT molecular complexity index is 1050. The minimum Gasteiger partial charge on any atom is -0.375 e. The number of hydrogen-bond donors (Lipinski definition) is 2. The predicted molar refractivity (Wildman–Crippen MR) is 116 cm³/mol. The van der Waals surface area contributed by atoms with Gasteiger partial charge in [0.25, 0.3) is 5.91 Å². The van der Waals surface area contributed by atoms with Gasteiger partial charge in [0, 0.05) is 44.3 Å². The van der Waals surface area contributed by atoms with E-state index < -0.39 is 0 Å². The van der Waals surface area contributed by atoms with Gasteiger partial charge in [-0.05, 0) is 30.2 Å². The molecule has 8 nitrogen and oxygen atoms in total. The molecular weight excluding hydrogens is 382 g/mol. The second kappa shape index (κ2) is 9.49. The second-order valence-corrected chi connectivity index (χ2v) is 7.33. The van der Waals surface area contributed by atoms with E-state index in [9.17, 15) is 9.59 Å². The van der Waals surface area contributed by atoms with Crippen molar-refractivity contribution in [3.05, 3.63) is 42.2 Å². The van der Waals surface area contributed by atoms with Crippen molar-refractivity contribution in [2.24, 2.45) is 13.0 Å². The minimum atomic E-state index is -0.298. The van der Waals surface area contributed by atoms with Gasteiger partial charge in [0.1, 0.15) is 12.4 Å². The number of anilines is 1. The molecule has 8 heteroatoms. The molecule has 0 aliphatic carbocycles. The Kier molecular flexibility index (Phi) is 6.79. The molecule has 1 aromatic carbocycles. The smallest absolute Gasteiger partial charge is 0.253 e. The lowest BCUT2D eigenvalue weighted by atomic mass is 10.1. The maximum atomic E-state index is 13.0. The van der Waals surface area contributed by atoms with Crippen LogP contribution in [0.25, 0.3) is 22.4 Å². The van der Waals surface area contributed by atoms with Crippen LogP contribution in [0.15, 0.2) is 36.7 Å². The van der Waals surface area contributed by atoms with Gasteiger partial charge in [0.15, 0.2) is 0 Å². The topological polar surface area (TPSA) is 98.1 Å². The van der Waals surface area contributed by atoms with Crippen molar-refractivity contribution in [2.45, 2.75) is 20.3 Å². The first-order valence-corrected chi connectivity index (χ1v) is 9.92. The fourth-order valence-corrected chi connectivity index (χ4v) is 3.19. The molecule has 0 saturated heterocycles. The number of rotatable bonds is 8. The zero-order chi connectivity index (χ0) is 21.7. The number of pyridine rings is 1. The maximum absolute atomic E-state index is 13.0. The van der Waals surface area contributed by atoms with Crippen molar-refractivity contribution in [1.29, 1.82) is 0 Å². The van der Waals surface area contributed by atoms with Gasteiger partial charge in [0.05, 0.1) is 16.6 Å². The third kappa shape index (κ3) is 4.65. The van der Waals surface area contributed by atoms with Gasteiger partial charge in [-0.2, -0.15) is 0 Å². The summed E-state index contributed by atoms with van der Waals surface area (Å²) in [5, 5.41) is 5.77. The van der Waals surface area contributed by atoms with Crippen LogP contribution >= 0.6 is 0 Å². The normalized spacial score (nSPS) is 12.0. The van der Waals surface area contributed by atoms with E-state index in [2.05, 4.69) is 29.5 Å². The van der Waals surface area contributed by atoms with Crippen molar-refractivity contribution in [1.82, 2.24) is 19.9 Å². The van der Waals surface area contributed by atoms with Crippen molar-refractivity contribution in [3.63, 3.8) is 0 Å². The fourth-order valence-electron chi connectivity index (χ4n) is 3.19. The molecule has 2 amide bonds.